The molecule has 1 heterocycles. The van der Waals surface area contributed by atoms with Gasteiger partial charge in [-0.05, 0) is 27.7 Å². The summed E-state index contributed by atoms with van der Waals surface area (Å²) in [5, 5.41) is 10.4. The molecule has 0 saturated carbocycles. The van der Waals surface area contributed by atoms with Gasteiger partial charge in [0.1, 0.15) is 12.2 Å². The Labute approximate surface area is 189 Å². The smallest absolute Gasteiger partial charge is 0.338 e. The highest BCUT2D eigenvalue weighted by Crippen LogP contribution is 2.33. The maximum Gasteiger partial charge on any atom is 0.338 e. The van der Waals surface area contributed by atoms with Crippen LogP contribution in [0.1, 0.15) is 27.7 Å². The van der Waals surface area contributed by atoms with Crippen LogP contribution in [0, 0.1) is 5.92 Å². The molecule has 0 radical (unpaired) electrons. The van der Waals surface area contributed by atoms with Crippen LogP contribution in [0.5, 0.6) is 0 Å². The molecule has 0 aromatic rings. The molecule has 8 atom stereocenters. The highest BCUT2D eigenvalue weighted by atomic mass is 32.2. The first-order valence-corrected chi connectivity index (χ1v) is 15.5. The Bertz CT molecular complexity index is 970. The predicted octanol–water partition coefficient (Wildman–Crippen LogP) is -1.13. The second-order valence-corrected chi connectivity index (χ2v) is 14.9. The molecule has 0 spiro atoms. The molecule has 1 saturated heterocycles. The lowest BCUT2D eigenvalue weighted by Crippen LogP contribution is -2.60. The number of hydrogen-bond donors (Lipinski definition) is 1. The first kappa shape index (κ1) is 29.2. The third kappa shape index (κ3) is 7.88. The second kappa shape index (κ2) is 10.6. The monoisotopic (exact) mass is 524 g/mol. The Morgan fingerprint density at radius 2 is 1.28 bits per heavy atom. The molecule has 1 aliphatic rings. The zero-order chi connectivity index (χ0) is 25.2. The third-order valence-corrected chi connectivity index (χ3v) is 9.13. The van der Waals surface area contributed by atoms with Gasteiger partial charge in [-0.25, -0.2) is 30.0 Å². The molecule has 15 heteroatoms. The Morgan fingerprint density at radius 1 is 0.844 bits per heavy atom. The number of hydrogen-bond acceptors (Lipinski definition) is 12. The van der Waals surface area contributed by atoms with Crippen LogP contribution < -0.4 is 0 Å². The highest BCUT2D eigenvalue weighted by molar-refractivity contribution is 7.91. The van der Waals surface area contributed by atoms with Crippen molar-refractivity contribution in [3.63, 3.8) is 0 Å². The van der Waals surface area contributed by atoms with E-state index in [2.05, 4.69) is 0 Å². The van der Waals surface area contributed by atoms with Gasteiger partial charge in [-0.1, -0.05) is 0 Å². The fourth-order valence-corrected chi connectivity index (χ4v) is 3.83. The molecular formula is C17H32O12S3. The maximum atomic E-state index is 12.7. The molecule has 32 heavy (non-hydrogen) atoms. The summed E-state index contributed by atoms with van der Waals surface area (Å²) in [6, 6.07) is 0. The number of sulfone groups is 3. The van der Waals surface area contributed by atoms with Gasteiger partial charge < -0.3 is 24.1 Å². The summed E-state index contributed by atoms with van der Waals surface area (Å²) in [5.41, 5.74) is -4.15. The standard InChI is InChI=1S/C17H32O12S3/c1-9(18)14-13(8-26-10(2)30(5,20)21)29-17(19)16(28-12(4)32(7,24)25)15(14)27-11(3)31(6,22)23/h9-16,18H,8H2,1-7H3/t9?,10?,11?,12?,13-,14-,15+,16-/m1/s1. The number of carbonyl (C=O) groups is 1. The lowest BCUT2D eigenvalue weighted by atomic mass is 9.85. The first-order valence-electron chi connectivity index (χ1n) is 9.64. The minimum atomic E-state index is -3.75. The van der Waals surface area contributed by atoms with Crippen LogP contribution in [0.4, 0.5) is 0 Å². The Kier molecular flexibility index (Phi) is 9.68. The van der Waals surface area contributed by atoms with Gasteiger partial charge in [0.05, 0.1) is 18.6 Å². The third-order valence-electron chi connectivity index (χ3n) is 5.15. The average molecular weight is 525 g/mol. The van der Waals surface area contributed by atoms with Crippen molar-refractivity contribution in [3.8, 4) is 0 Å². The van der Waals surface area contributed by atoms with Crippen molar-refractivity contribution in [2.75, 3.05) is 25.4 Å². The van der Waals surface area contributed by atoms with Gasteiger partial charge in [0.15, 0.2) is 51.9 Å². The van der Waals surface area contributed by atoms with Crippen LogP contribution in [-0.2, 0) is 53.3 Å². The average Bonchev–Trinajstić information content (AvgIpc) is 2.59. The van der Waals surface area contributed by atoms with Crippen molar-refractivity contribution < 1.29 is 54.1 Å². The molecule has 4 unspecified atom stereocenters. The van der Waals surface area contributed by atoms with Gasteiger partial charge in [-0.2, -0.15) is 0 Å². The zero-order valence-corrected chi connectivity index (χ0v) is 21.4. The van der Waals surface area contributed by atoms with Gasteiger partial charge in [-0.3, -0.25) is 0 Å². The molecule has 0 aromatic heterocycles. The predicted molar refractivity (Wildman–Crippen MR) is 114 cm³/mol. The van der Waals surface area contributed by atoms with E-state index in [9.17, 15) is 35.2 Å². The fourth-order valence-electron chi connectivity index (χ4n) is 2.85. The van der Waals surface area contributed by atoms with Crippen molar-refractivity contribution in [2.45, 2.75) is 68.4 Å². The van der Waals surface area contributed by atoms with Crippen molar-refractivity contribution >= 4 is 35.5 Å². The van der Waals surface area contributed by atoms with Gasteiger partial charge >= 0.3 is 5.97 Å². The largest absolute Gasteiger partial charge is 0.457 e. The number of rotatable bonds is 11. The Balaban J connectivity index is 3.35. The Hall–Kier alpha value is -0.840. The molecule has 0 bridgehead atoms. The molecule has 0 aromatic carbocycles. The van der Waals surface area contributed by atoms with Gasteiger partial charge in [0.2, 0.25) is 0 Å². The zero-order valence-electron chi connectivity index (χ0n) is 19.0. The van der Waals surface area contributed by atoms with Gasteiger partial charge in [0, 0.05) is 18.8 Å². The van der Waals surface area contributed by atoms with E-state index in [0.29, 0.717) is 0 Å². The number of aliphatic hydroxyl groups excluding tert-OH is 1. The lowest BCUT2D eigenvalue weighted by Gasteiger charge is -2.43. The fraction of sp³-hybridized carbons (Fsp3) is 0.941. The van der Waals surface area contributed by atoms with E-state index in [0.717, 1.165) is 18.8 Å². The number of carbonyl (C=O) groups excluding carboxylic acids is 1. The molecule has 1 aliphatic heterocycles. The first-order chi connectivity index (χ1) is 14.3. The summed E-state index contributed by atoms with van der Waals surface area (Å²) in [6.07, 6.45) is -2.86. The second-order valence-electron chi connectivity index (χ2n) is 7.98. The quantitative estimate of drug-likeness (QED) is 0.322. The number of aliphatic hydroxyl groups is 1. The normalized spacial score (nSPS) is 29.1. The Morgan fingerprint density at radius 3 is 1.69 bits per heavy atom. The van der Waals surface area contributed by atoms with Crippen LogP contribution in [0.3, 0.4) is 0 Å². The van der Waals surface area contributed by atoms with Crippen LogP contribution in [-0.4, -0.2) is 102 Å². The molecule has 190 valence electrons. The number of cyclic esters (lactones) is 1. The van der Waals surface area contributed by atoms with Crippen molar-refractivity contribution in [2.24, 2.45) is 5.92 Å². The van der Waals surface area contributed by atoms with E-state index in [1.54, 1.807) is 0 Å². The topological polar surface area (TPSA) is 177 Å². The number of esters is 1. The van der Waals surface area contributed by atoms with Gasteiger partial charge in [-0.15, -0.1) is 0 Å². The van der Waals surface area contributed by atoms with E-state index >= 15 is 0 Å². The molecular weight excluding hydrogens is 492 g/mol. The van der Waals surface area contributed by atoms with Crippen molar-refractivity contribution in [1.29, 1.82) is 0 Å². The molecule has 1 rings (SSSR count). The van der Waals surface area contributed by atoms with Crippen LogP contribution in [0.25, 0.3) is 0 Å². The minimum Gasteiger partial charge on any atom is -0.457 e. The van der Waals surface area contributed by atoms with Gasteiger partial charge in [0.25, 0.3) is 0 Å². The maximum absolute atomic E-state index is 12.7. The van der Waals surface area contributed by atoms with E-state index in [1.807, 2.05) is 0 Å². The summed E-state index contributed by atoms with van der Waals surface area (Å²) in [5.74, 6) is -2.19. The van der Waals surface area contributed by atoms with Crippen LogP contribution in [0.2, 0.25) is 0 Å². The van der Waals surface area contributed by atoms with Crippen LogP contribution >= 0.6 is 0 Å². The molecule has 1 fully saturated rings. The summed E-state index contributed by atoms with van der Waals surface area (Å²) in [7, 11) is -11.1. The molecule has 12 nitrogen and oxygen atoms in total. The lowest BCUT2D eigenvalue weighted by molar-refractivity contribution is -0.224. The van der Waals surface area contributed by atoms with E-state index in [1.165, 1.54) is 27.7 Å². The summed E-state index contributed by atoms with van der Waals surface area (Å²) in [6.45, 7) is 4.55. The van der Waals surface area contributed by atoms with E-state index in [-0.39, 0.29) is 0 Å². The SMILES string of the molecule is CC(O)[C@H]1[C@H](OC(C)S(C)(=O)=O)[C@@H](OC(C)S(C)(=O)=O)C(=O)O[C@@H]1COC(C)S(C)(=O)=O. The van der Waals surface area contributed by atoms with Crippen LogP contribution in [0.15, 0.2) is 0 Å². The highest BCUT2D eigenvalue weighted by Gasteiger charge is 2.52. The summed E-state index contributed by atoms with van der Waals surface area (Å²) < 4.78 is 92.2. The number of ether oxygens (including phenoxy) is 4. The molecule has 0 amide bonds. The minimum absolute atomic E-state index is 0.447. The van der Waals surface area contributed by atoms with E-state index < -0.39 is 88.7 Å². The molecule has 0 aliphatic carbocycles. The van der Waals surface area contributed by atoms with E-state index in [4.69, 9.17) is 18.9 Å². The summed E-state index contributed by atoms with van der Waals surface area (Å²) in [4.78, 5) is 12.7. The molecule has 1 N–H and O–H groups in total. The van der Waals surface area contributed by atoms with Crippen molar-refractivity contribution in [3.05, 3.63) is 0 Å². The summed E-state index contributed by atoms with van der Waals surface area (Å²) >= 11 is 0. The van der Waals surface area contributed by atoms with Crippen molar-refractivity contribution in [1.82, 2.24) is 0 Å².